The Hall–Kier alpha value is -1.68. The molecule has 112 valence electrons. The van der Waals surface area contributed by atoms with Gasteiger partial charge in [0.25, 0.3) is 0 Å². The van der Waals surface area contributed by atoms with Crippen LogP contribution in [0.3, 0.4) is 0 Å². The van der Waals surface area contributed by atoms with E-state index in [2.05, 4.69) is 16.0 Å². The van der Waals surface area contributed by atoms with E-state index in [1.165, 1.54) is 12.5 Å². The number of piperidine rings is 1. The van der Waals surface area contributed by atoms with Gasteiger partial charge in [0.05, 0.1) is 12.1 Å². The summed E-state index contributed by atoms with van der Waals surface area (Å²) in [5, 5.41) is 0.902. The fraction of sp³-hybridized carbons (Fsp3) is 0.471. The van der Waals surface area contributed by atoms with Gasteiger partial charge in [-0.2, -0.15) is 0 Å². The molecule has 1 fully saturated rings. The second-order valence-electron chi connectivity index (χ2n) is 5.85. The van der Waals surface area contributed by atoms with Crippen LogP contribution in [0.1, 0.15) is 18.5 Å². The zero-order valence-corrected chi connectivity index (χ0v) is 12.6. The van der Waals surface area contributed by atoms with E-state index in [9.17, 15) is 4.39 Å². The highest BCUT2D eigenvalue weighted by atomic mass is 19.1. The molecule has 1 aromatic heterocycles. The monoisotopic (exact) mass is 288 g/mol. The SMILES string of the molecule is COCC1CCCN(c2cc(C)nc3ccc(F)cc23)C1. The molecule has 3 nitrogen and oxygen atoms in total. The van der Waals surface area contributed by atoms with Crippen molar-refractivity contribution in [3.8, 4) is 0 Å². The summed E-state index contributed by atoms with van der Waals surface area (Å²) in [6, 6.07) is 6.90. The van der Waals surface area contributed by atoms with Gasteiger partial charge in [-0.15, -0.1) is 0 Å². The summed E-state index contributed by atoms with van der Waals surface area (Å²) in [5.41, 5.74) is 2.93. The Morgan fingerprint density at radius 3 is 3.05 bits per heavy atom. The summed E-state index contributed by atoms with van der Waals surface area (Å²) >= 11 is 0. The second kappa shape index (κ2) is 5.98. The molecule has 1 aliphatic rings. The number of aryl methyl sites for hydroxylation is 1. The first-order valence-electron chi connectivity index (χ1n) is 7.48. The van der Waals surface area contributed by atoms with Crippen molar-refractivity contribution in [3.05, 3.63) is 35.8 Å². The van der Waals surface area contributed by atoms with Gasteiger partial charge in [-0.25, -0.2) is 4.39 Å². The largest absolute Gasteiger partial charge is 0.384 e. The lowest BCUT2D eigenvalue weighted by molar-refractivity contribution is 0.143. The summed E-state index contributed by atoms with van der Waals surface area (Å²) in [5.74, 6) is 0.334. The van der Waals surface area contributed by atoms with Crippen molar-refractivity contribution in [1.82, 2.24) is 4.98 Å². The molecule has 2 heterocycles. The molecule has 1 unspecified atom stereocenters. The van der Waals surface area contributed by atoms with Crippen molar-refractivity contribution < 1.29 is 9.13 Å². The number of hydrogen-bond donors (Lipinski definition) is 0. The van der Waals surface area contributed by atoms with E-state index in [-0.39, 0.29) is 5.82 Å². The highest BCUT2D eigenvalue weighted by molar-refractivity contribution is 5.92. The maximum Gasteiger partial charge on any atom is 0.124 e. The van der Waals surface area contributed by atoms with Crippen molar-refractivity contribution >= 4 is 16.6 Å². The van der Waals surface area contributed by atoms with E-state index >= 15 is 0 Å². The Balaban J connectivity index is 2.00. The lowest BCUT2D eigenvalue weighted by Gasteiger charge is -2.35. The van der Waals surface area contributed by atoms with Crippen LogP contribution in [-0.2, 0) is 4.74 Å². The van der Waals surface area contributed by atoms with Gasteiger partial charge in [-0.1, -0.05) is 0 Å². The van der Waals surface area contributed by atoms with E-state index in [1.807, 2.05) is 6.92 Å². The summed E-state index contributed by atoms with van der Waals surface area (Å²) in [6.45, 7) is 4.74. The topological polar surface area (TPSA) is 25.4 Å². The average molecular weight is 288 g/mol. The molecular weight excluding hydrogens is 267 g/mol. The lowest BCUT2D eigenvalue weighted by atomic mass is 9.97. The Morgan fingerprint density at radius 2 is 2.24 bits per heavy atom. The highest BCUT2D eigenvalue weighted by Gasteiger charge is 2.22. The van der Waals surface area contributed by atoms with Crippen LogP contribution in [0.15, 0.2) is 24.3 Å². The maximum atomic E-state index is 13.6. The minimum Gasteiger partial charge on any atom is -0.384 e. The maximum absolute atomic E-state index is 13.6. The van der Waals surface area contributed by atoms with Gasteiger partial charge in [0.15, 0.2) is 0 Å². The molecule has 0 N–H and O–H groups in total. The van der Waals surface area contributed by atoms with Crippen LogP contribution in [-0.4, -0.2) is 31.8 Å². The number of halogens is 1. The first kappa shape index (κ1) is 14.3. The van der Waals surface area contributed by atoms with E-state index < -0.39 is 0 Å². The van der Waals surface area contributed by atoms with Gasteiger partial charge >= 0.3 is 0 Å². The molecule has 2 aromatic rings. The smallest absolute Gasteiger partial charge is 0.124 e. The van der Waals surface area contributed by atoms with Crippen LogP contribution in [0.25, 0.3) is 10.9 Å². The Labute approximate surface area is 124 Å². The van der Waals surface area contributed by atoms with E-state index in [0.29, 0.717) is 5.92 Å². The van der Waals surface area contributed by atoms with Gasteiger partial charge < -0.3 is 9.64 Å². The molecule has 0 spiro atoms. The molecule has 0 amide bonds. The molecule has 3 rings (SSSR count). The molecule has 0 radical (unpaired) electrons. The number of rotatable bonds is 3. The van der Waals surface area contributed by atoms with E-state index in [4.69, 9.17) is 4.74 Å². The zero-order valence-electron chi connectivity index (χ0n) is 12.6. The summed E-state index contributed by atoms with van der Waals surface area (Å²) in [6.07, 6.45) is 2.34. The number of pyridine rings is 1. The van der Waals surface area contributed by atoms with Crippen molar-refractivity contribution in [2.75, 3.05) is 31.7 Å². The van der Waals surface area contributed by atoms with Crippen LogP contribution in [0.2, 0.25) is 0 Å². The van der Waals surface area contributed by atoms with Crippen molar-refractivity contribution in [3.63, 3.8) is 0 Å². The van der Waals surface area contributed by atoms with E-state index in [0.717, 1.165) is 48.4 Å². The summed E-state index contributed by atoms with van der Waals surface area (Å²) in [7, 11) is 1.75. The van der Waals surface area contributed by atoms with Crippen LogP contribution < -0.4 is 4.90 Å². The van der Waals surface area contributed by atoms with Crippen LogP contribution in [0.5, 0.6) is 0 Å². The highest BCUT2D eigenvalue weighted by Crippen LogP contribution is 2.31. The molecule has 1 aromatic carbocycles. The molecule has 0 aliphatic carbocycles. The molecule has 1 aliphatic heterocycles. The summed E-state index contributed by atoms with van der Waals surface area (Å²) in [4.78, 5) is 6.86. The minimum atomic E-state index is -0.208. The number of aromatic nitrogens is 1. The zero-order chi connectivity index (χ0) is 14.8. The van der Waals surface area contributed by atoms with Crippen LogP contribution >= 0.6 is 0 Å². The number of nitrogens with zero attached hydrogens (tertiary/aromatic N) is 2. The number of hydrogen-bond acceptors (Lipinski definition) is 3. The molecular formula is C17H21FN2O. The number of fused-ring (bicyclic) bond motifs is 1. The average Bonchev–Trinajstić information content (AvgIpc) is 2.47. The van der Waals surface area contributed by atoms with Gasteiger partial charge in [0, 0.05) is 37.0 Å². The molecule has 0 bridgehead atoms. The van der Waals surface area contributed by atoms with Crippen molar-refractivity contribution in [2.24, 2.45) is 5.92 Å². The quantitative estimate of drug-likeness (QED) is 0.863. The number of methoxy groups -OCH3 is 1. The normalized spacial score (nSPS) is 19.2. The molecule has 21 heavy (non-hydrogen) atoms. The standard InChI is InChI=1S/C17H21FN2O/c1-12-8-17(15-9-14(18)5-6-16(15)19-12)20-7-3-4-13(10-20)11-21-2/h5-6,8-9,13H,3-4,7,10-11H2,1-2H3. The Kier molecular flexibility index (Phi) is 4.06. The molecule has 0 saturated carbocycles. The fourth-order valence-corrected chi connectivity index (χ4v) is 3.23. The van der Waals surface area contributed by atoms with Crippen molar-refractivity contribution in [2.45, 2.75) is 19.8 Å². The predicted octanol–water partition coefficient (Wildman–Crippen LogP) is 3.55. The third-order valence-electron chi connectivity index (χ3n) is 4.14. The lowest BCUT2D eigenvalue weighted by Crippen LogP contribution is -2.37. The Morgan fingerprint density at radius 1 is 1.38 bits per heavy atom. The second-order valence-corrected chi connectivity index (χ2v) is 5.85. The minimum absolute atomic E-state index is 0.208. The van der Waals surface area contributed by atoms with E-state index in [1.54, 1.807) is 19.2 Å². The van der Waals surface area contributed by atoms with Gasteiger partial charge in [0.1, 0.15) is 5.82 Å². The molecule has 1 saturated heterocycles. The third-order valence-corrected chi connectivity index (χ3v) is 4.14. The number of ether oxygens (including phenoxy) is 1. The molecule has 1 atom stereocenters. The van der Waals surface area contributed by atoms with Crippen molar-refractivity contribution in [1.29, 1.82) is 0 Å². The molecule has 4 heteroatoms. The predicted molar refractivity (Wildman–Crippen MR) is 83.3 cm³/mol. The number of anilines is 1. The fourth-order valence-electron chi connectivity index (χ4n) is 3.23. The van der Waals surface area contributed by atoms with Crippen LogP contribution in [0.4, 0.5) is 10.1 Å². The van der Waals surface area contributed by atoms with Gasteiger partial charge in [0.2, 0.25) is 0 Å². The first-order chi connectivity index (χ1) is 10.2. The Bertz CT molecular complexity index is 642. The number of benzene rings is 1. The third kappa shape index (κ3) is 3.00. The van der Waals surface area contributed by atoms with Crippen LogP contribution in [0, 0.1) is 18.7 Å². The van der Waals surface area contributed by atoms with Gasteiger partial charge in [-0.05, 0) is 49.9 Å². The van der Waals surface area contributed by atoms with Gasteiger partial charge in [-0.3, -0.25) is 4.98 Å². The summed E-state index contributed by atoms with van der Waals surface area (Å²) < 4.78 is 18.9. The first-order valence-corrected chi connectivity index (χ1v) is 7.48.